The topological polar surface area (TPSA) is 67.2 Å². The normalized spacial score (nSPS) is 17.1. The van der Waals surface area contributed by atoms with Gasteiger partial charge in [0.1, 0.15) is 5.60 Å². The van der Waals surface area contributed by atoms with Crippen LogP contribution in [0.15, 0.2) is 42.7 Å². The number of carbonyl (C=O) groups is 1. The van der Waals surface area contributed by atoms with Crippen LogP contribution < -0.4 is 5.32 Å². The van der Waals surface area contributed by atoms with Crippen molar-refractivity contribution in [2.75, 3.05) is 5.32 Å². The fourth-order valence-corrected chi connectivity index (χ4v) is 2.54. The lowest BCUT2D eigenvalue weighted by molar-refractivity contribution is -0.133. The largest absolute Gasteiger partial charge is 0.380 e. The van der Waals surface area contributed by atoms with E-state index in [-0.39, 0.29) is 5.91 Å². The van der Waals surface area contributed by atoms with Gasteiger partial charge in [-0.25, -0.2) is 4.68 Å². The number of anilines is 1. The molecular weight excluding hydrogens is 254 g/mol. The molecule has 5 nitrogen and oxygen atoms in total. The number of hydrogen-bond acceptors (Lipinski definition) is 3. The molecule has 1 aromatic carbocycles. The van der Waals surface area contributed by atoms with Crippen molar-refractivity contribution < 1.29 is 9.90 Å². The maximum Gasteiger partial charge on any atom is 0.256 e. The summed E-state index contributed by atoms with van der Waals surface area (Å²) in [6, 6.07) is 9.66. The van der Waals surface area contributed by atoms with Gasteiger partial charge < -0.3 is 10.4 Å². The van der Waals surface area contributed by atoms with Crippen LogP contribution in [0.1, 0.15) is 25.7 Å². The second-order valence-electron chi connectivity index (χ2n) is 5.20. The van der Waals surface area contributed by atoms with Gasteiger partial charge in [0.25, 0.3) is 5.91 Å². The molecule has 5 heteroatoms. The summed E-state index contributed by atoms with van der Waals surface area (Å²) in [5, 5.41) is 17.2. The van der Waals surface area contributed by atoms with E-state index >= 15 is 0 Å². The van der Waals surface area contributed by atoms with Gasteiger partial charge in [-0.1, -0.05) is 18.2 Å². The first kappa shape index (κ1) is 12.9. The Morgan fingerprint density at radius 3 is 2.65 bits per heavy atom. The Hall–Kier alpha value is -2.14. The summed E-state index contributed by atoms with van der Waals surface area (Å²) in [7, 11) is 0. The molecule has 1 heterocycles. The zero-order chi connectivity index (χ0) is 14.0. The molecule has 3 rings (SSSR count). The third-order valence-corrected chi connectivity index (χ3v) is 3.71. The SMILES string of the molecule is O=C(Nc1cnn(-c2ccccc2)c1)C1(O)CCCC1. The van der Waals surface area contributed by atoms with Gasteiger partial charge >= 0.3 is 0 Å². The lowest BCUT2D eigenvalue weighted by Gasteiger charge is -2.20. The van der Waals surface area contributed by atoms with Crippen LogP contribution in [0.25, 0.3) is 5.69 Å². The molecule has 2 aromatic rings. The van der Waals surface area contributed by atoms with Gasteiger partial charge in [0.15, 0.2) is 0 Å². The monoisotopic (exact) mass is 271 g/mol. The summed E-state index contributed by atoms with van der Waals surface area (Å²) >= 11 is 0. The average molecular weight is 271 g/mol. The highest BCUT2D eigenvalue weighted by molar-refractivity contribution is 5.97. The second-order valence-corrected chi connectivity index (χ2v) is 5.20. The lowest BCUT2D eigenvalue weighted by Crippen LogP contribution is -2.40. The van der Waals surface area contributed by atoms with Crippen LogP contribution in [0.3, 0.4) is 0 Å². The van der Waals surface area contributed by atoms with E-state index in [2.05, 4.69) is 10.4 Å². The van der Waals surface area contributed by atoms with Crippen molar-refractivity contribution in [3.63, 3.8) is 0 Å². The van der Waals surface area contributed by atoms with Gasteiger partial charge in [-0.05, 0) is 37.8 Å². The van der Waals surface area contributed by atoms with Gasteiger partial charge in [-0.2, -0.15) is 5.10 Å². The van der Waals surface area contributed by atoms with E-state index in [0.29, 0.717) is 18.5 Å². The molecule has 104 valence electrons. The second kappa shape index (κ2) is 5.09. The molecule has 1 aliphatic carbocycles. The molecule has 2 N–H and O–H groups in total. The molecule has 0 radical (unpaired) electrons. The van der Waals surface area contributed by atoms with Gasteiger partial charge in [0, 0.05) is 0 Å². The first-order valence-corrected chi connectivity index (χ1v) is 6.81. The Morgan fingerprint density at radius 2 is 1.95 bits per heavy atom. The van der Waals surface area contributed by atoms with Crippen LogP contribution in [-0.2, 0) is 4.79 Å². The first-order chi connectivity index (χ1) is 9.67. The Kier molecular flexibility index (Phi) is 3.28. The summed E-state index contributed by atoms with van der Waals surface area (Å²) in [5.74, 6) is -0.331. The number of amides is 1. The maximum absolute atomic E-state index is 12.1. The number of hydrogen-bond donors (Lipinski definition) is 2. The molecular formula is C15H17N3O2. The van der Waals surface area contributed by atoms with Gasteiger partial charge in [-0.3, -0.25) is 4.79 Å². The van der Waals surface area contributed by atoms with Crippen LogP contribution in [0, 0.1) is 0 Å². The fraction of sp³-hybridized carbons (Fsp3) is 0.333. The third-order valence-electron chi connectivity index (χ3n) is 3.71. The summed E-state index contributed by atoms with van der Waals surface area (Å²) in [6.45, 7) is 0. The predicted octanol–water partition coefficient (Wildman–Crippen LogP) is 2.12. The summed E-state index contributed by atoms with van der Waals surface area (Å²) in [4.78, 5) is 12.1. The smallest absolute Gasteiger partial charge is 0.256 e. The van der Waals surface area contributed by atoms with Crippen LogP contribution in [-0.4, -0.2) is 26.4 Å². The Morgan fingerprint density at radius 1 is 1.25 bits per heavy atom. The molecule has 1 aromatic heterocycles. The number of aliphatic hydroxyl groups is 1. The van der Waals surface area contributed by atoms with E-state index in [1.807, 2.05) is 30.3 Å². The van der Waals surface area contributed by atoms with Crippen molar-refractivity contribution >= 4 is 11.6 Å². The van der Waals surface area contributed by atoms with Crippen molar-refractivity contribution in [1.29, 1.82) is 0 Å². The molecule has 0 unspecified atom stereocenters. The van der Waals surface area contributed by atoms with Gasteiger partial charge in [0.05, 0.1) is 23.8 Å². The van der Waals surface area contributed by atoms with Crippen molar-refractivity contribution in [2.24, 2.45) is 0 Å². The summed E-state index contributed by atoms with van der Waals surface area (Å²) in [5.41, 5.74) is 0.307. The van der Waals surface area contributed by atoms with Crippen LogP contribution >= 0.6 is 0 Å². The van der Waals surface area contributed by atoms with E-state index < -0.39 is 5.60 Å². The van der Waals surface area contributed by atoms with E-state index in [1.54, 1.807) is 17.1 Å². The molecule has 0 aliphatic heterocycles. The minimum atomic E-state index is -1.21. The van der Waals surface area contributed by atoms with Gasteiger partial charge in [0.2, 0.25) is 0 Å². The predicted molar refractivity (Wildman–Crippen MR) is 75.6 cm³/mol. The zero-order valence-corrected chi connectivity index (χ0v) is 11.1. The number of rotatable bonds is 3. The molecule has 20 heavy (non-hydrogen) atoms. The number of nitrogens with one attached hydrogen (secondary N) is 1. The zero-order valence-electron chi connectivity index (χ0n) is 11.1. The van der Waals surface area contributed by atoms with E-state index in [9.17, 15) is 9.90 Å². The Bertz CT molecular complexity index is 601. The lowest BCUT2D eigenvalue weighted by atomic mass is 10.0. The van der Waals surface area contributed by atoms with Crippen molar-refractivity contribution in [2.45, 2.75) is 31.3 Å². The first-order valence-electron chi connectivity index (χ1n) is 6.81. The highest BCUT2D eigenvalue weighted by atomic mass is 16.3. The standard InChI is InChI=1S/C15H17N3O2/c19-14(15(20)8-4-5-9-15)17-12-10-16-18(11-12)13-6-2-1-3-7-13/h1-3,6-7,10-11,20H,4-5,8-9H2,(H,17,19). The van der Waals surface area contributed by atoms with E-state index in [0.717, 1.165) is 18.5 Å². The Balaban J connectivity index is 1.73. The maximum atomic E-state index is 12.1. The highest BCUT2D eigenvalue weighted by Gasteiger charge is 2.38. The van der Waals surface area contributed by atoms with Crippen LogP contribution in [0.5, 0.6) is 0 Å². The Labute approximate surface area is 117 Å². The van der Waals surface area contributed by atoms with Gasteiger partial charge in [-0.15, -0.1) is 0 Å². The molecule has 1 saturated carbocycles. The number of benzene rings is 1. The van der Waals surface area contributed by atoms with Crippen molar-refractivity contribution in [3.8, 4) is 5.69 Å². The average Bonchev–Trinajstić information content (AvgIpc) is 3.10. The molecule has 1 aliphatic rings. The number of carbonyl (C=O) groups excluding carboxylic acids is 1. The number of aromatic nitrogens is 2. The van der Waals surface area contributed by atoms with E-state index in [4.69, 9.17) is 0 Å². The molecule has 1 amide bonds. The molecule has 0 saturated heterocycles. The highest BCUT2D eigenvalue weighted by Crippen LogP contribution is 2.30. The summed E-state index contributed by atoms with van der Waals surface area (Å²) < 4.78 is 1.69. The quantitative estimate of drug-likeness (QED) is 0.898. The van der Waals surface area contributed by atoms with E-state index in [1.165, 1.54) is 0 Å². The third kappa shape index (κ3) is 2.44. The number of nitrogens with zero attached hydrogens (tertiary/aromatic N) is 2. The molecule has 0 bridgehead atoms. The molecule has 0 atom stereocenters. The van der Waals surface area contributed by atoms with Crippen LogP contribution in [0.4, 0.5) is 5.69 Å². The minimum Gasteiger partial charge on any atom is -0.380 e. The number of para-hydroxylation sites is 1. The van der Waals surface area contributed by atoms with Crippen LogP contribution in [0.2, 0.25) is 0 Å². The van der Waals surface area contributed by atoms with Crippen molar-refractivity contribution in [3.05, 3.63) is 42.7 Å². The molecule has 1 fully saturated rings. The minimum absolute atomic E-state index is 0.331. The fourth-order valence-electron chi connectivity index (χ4n) is 2.54. The van der Waals surface area contributed by atoms with Crippen molar-refractivity contribution in [1.82, 2.24) is 9.78 Å². The summed E-state index contributed by atoms with van der Waals surface area (Å²) in [6.07, 6.45) is 6.19. The molecule has 0 spiro atoms.